The summed E-state index contributed by atoms with van der Waals surface area (Å²) >= 11 is 5.70. The van der Waals surface area contributed by atoms with Crippen LogP contribution in [0, 0.1) is 6.92 Å². The molecular formula is C9H8ClN3O3. The Labute approximate surface area is 95.4 Å². The average Bonchev–Trinajstić information content (AvgIpc) is 2.76. The SMILES string of the molecule is Cc1onc(C(=O)O)c1Cn1cc(Cl)cn1. The quantitative estimate of drug-likeness (QED) is 0.882. The Hall–Kier alpha value is -1.82. The molecule has 1 N–H and O–H groups in total. The lowest BCUT2D eigenvalue weighted by Gasteiger charge is -1.99. The number of carboxylic acids is 1. The average molecular weight is 242 g/mol. The van der Waals surface area contributed by atoms with Gasteiger partial charge in [0, 0.05) is 6.20 Å². The molecule has 0 unspecified atom stereocenters. The third kappa shape index (κ3) is 1.92. The van der Waals surface area contributed by atoms with Crippen molar-refractivity contribution in [3.05, 3.63) is 34.4 Å². The number of hydrogen-bond donors (Lipinski definition) is 1. The number of carboxylic acid groups (broad SMARTS) is 1. The summed E-state index contributed by atoms with van der Waals surface area (Å²) in [5.41, 5.74) is 0.399. The Morgan fingerprint density at radius 1 is 1.69 bits per heavy atom. The molecule has 6 nitrogen and oxygen atoms in total. The zero-order valence-electron chi connectivity index (χ0n) is 8.35. The molecule has 0 radical (unpaired) electrons. The Bertz CT molecular complexity index is 532. The highest BCUT2D eigenvalue weighted by Crippen LogP contribution is 2.15. The molecular weight excluding hydrogens is 234 g/mol. The number of nitrogens with zero attached hydrogens (tertiary/aromatic N) is 3. The number of aromatic carboxylic acids is 1. The summed E-state index contributed by atoms with van der Waals surface area (Å²) < 4.78 is 6.35. The molecule has 0 saturated carbocycles. The molecule has 0 aromatic carbocycles. The van der Waals surface area contributed by atoms with Crippen molar-refractivity contribution in [2.75, 3.05) is 0 Å². The van der Waals surface area contributed by atoms with Crippen LogP contribution in [0.25, 0.3) is 0 Å². The molecule has 84 valence electrons. The number of aryl methyl sites for hydroxylation is 1. The van der Waals surface area contributed by atoms with E-state index < -0.39 is 5.97 Å². The normalized spacial score (nSPS) is 10.6. The highest BCUT2D eigenvalue weighted by atomic mass is 35.5. The molecule has 2 aromatic rings. The van der Waals surface area contributed by atoms with Crippen molar-refractivity contribution in [1.29, 1.82) is 0 Å². The van der Waals surface area contributed by atoms with Crippen molar-refractivity contribution in [2.45, 2.75) is 13.5 Å². The fourth-order valence-corrected chi connectivity index (χ4v) is 1.49. The van der Waals surface area contributed by atoms with Crippen LogP contribution in [0.3, 0.4) is 0 Å². The van der Waals surface area contributed by atoms with E-state index in [0.29, 0.717) is 16.3 Å². The van der Waals surface area contributed by atoms with Crippen molar-refractivity contribution < 1.29 is 14.4 Å². The summed E-state index contributed by atoms with van der Waals surface area (Å²) in [4.78, 5) is 10.9. The van der Waals surface area contributed by atoms with E-state index in [-0.39, 0.29) is 12.2 Å². The first kappa shape index (κ1) is 10.7. The largest absolute Gasteiger partial charge is 0.476 e. The van der Waals surface area contributed by atoms with Crippen LogP contribution >= 0.6 is 11.6 Å². The van der Waals surface area contributed by atoms with Crippen molar-refractivity contribution in [3.8, 4) is 0 Å². The van der Waals surface area contributed by atoms with Gasteiger partial charge in [-0.2, -0.15) is 5.10 Å². The van der Waals surface area contributed by atoms with Gasteiger partial charge in [0.2, 0.25) is 0 Å². The van der Waals surface area contributed by atoms with Crippen molar-refractivity contribution in [2.24, 2.45) is 0 Å². The van der Waals surface area contributed by atoms with Gasteiger partial charge in [0.15, 0.2) is 5.69 Å². The van der Waals surface area contributed by atoms with Crippen LogP contribution in [0.15, 0.2) is 16.9 Å². The second kappa shape index (κ2) is 3.97. The molecule has 0 aliphatic heterocycles. The van der Waals surface area contributed by atoms with Crippen LogP contribution in [-0.2, 0) is 6.54 Å². The number of hydrogen-bond acceptors (Lipinski definition) is 4. The van der Waals surface area contributed by atoms with E-state index in [4.69, 9.17) is 21.2 Å². The maximum absolute atomic E-state index is 10.9. The number of carbonyl (C=O) groups is 1. The number of aromatic nitrogens is 3. The highest BCUT2D eigenvalue weighted by molar-refractivity contribution is 6.30. The molecule has 0 saturated heterocycles. The maximum Gasteiger partial charge on any atom is 0.358 e. The molecule has 0 aliphatic carbocycles. The minimum atomic E-state index is -1.12. The fourth-order valence-electron chi connectivity index (χ4n) is 1.33. The van der Waals surface area contributed by atoms with Gasteiger partial charge in [-0.25, -0.2) is 4.79 Å². The molecule has 0 bridgehead atoms. The minimum absolute atomic E-state index is 0.0934. The van der Waals surface area contributed by atoms with E-state index >= 15 is 0 Å². The third-order valence-electron chi connectivity index (χ3n) is 2.11. The first-order valence-electron chi connectivity index (χ1n) is 4.44. The summed E-state index contributed by atoms with van der Waals surface area (Å²) in [5, 5.41) is 16.8. The standard InChI is InChI=1S/C9H8ClN3O3/c1-5-7(8(9(14)15)12-16-5)4-13-3-6(10)2-11-13/h2-3H,4H2,1H3,(H,14,15). The molecule has 0 spiro atoms. The van der Waals surface area contributed by atoms with Crippen LogP contribution in [0.1, 0.15) is 21.8 Å². The summed E-state index contributed by atoms with van der Waals surface area (Å²) in [5.74, 6) is -0.658. The first-order chi connectivity index (χ1) is 7.58. The van der Waals surface area contributed by atoms with E-state index in [1.807, 2.05) is 0 Å². The number of halogens is 1. The van der Waals surface area contributed by atoms with Crippen LogP contribution in [0.2, 0.25) is 5.02 Å². The number of rotatable bonds is 3. The molecule has 2 rings (SSSR count). The van der Waals surface area contributed by atoms with E-state index in [0.717, 1.165) is 0 Å². The van der Waals surface area contributed by atoms with Crippen molar-refractivity contribution >= 4 is 17.6 Å². The summed E-state index contributed by atoms with van der Waals surface area (Å²) in [6.07, 6.45) is 3.07. The Morgan fingerprint density at radius 3 is 3.00 bits per heavy atom. The van der Waals surface area contributed by atoms with E-state index in [9.17, 15) is 4.79 Å². The summed E-state index contributed by atoms with van der Waals surface area (Å²) in [6.45, 7) is 1.92. The zero-order valence-corrected chi connectivity index (χ0v) is 9.10. The van der Waals surface area contributed by atoms with E-state index in [1.54, 1.807) is 13.1 Å². The molecule has 0 amide bonds. The second-order valence-corrected chi connectivity index (χ2v) is 3.66. The topological polar surface area (TPSA) is 81.1 Å². The fraction of sp³-hybridized carbons (Fsp3) is 0.222. The second-order valence-electron chi connectivity index (χ2n) is 3.23. The molecule has 0 fully saturated rings. The lowest BCUT2D eigenvalue weighted by Crippen LogP contribution is -2.07. The van der Waals surface area contributed by atoms with Gasteiger partial charge in [-0.3, -0.25) is 4.68 Å². The molecule has 2 aromatic heterocycles. The Morgan fingerprint density at radius 2 is 2.44 bits per heavy atom. The zero-order chi connectivity index (χ0) is 11.7. The van der Waals surface area contributed by atoms with Gasteiger partial charge in [0.1, 0.15) is 5.76 Å². The molecule has 16 heavy (non-hydrogen) atoms. The predicted molar refractivity (Wildman–Crippen MR) is 54.5 cm³/mol. The van der Waals surface area contributed by atoms with Gasteiger partial charge in [-0.15, -0.1) is 0 Å². The molecule has 7 heteroatoms. The molecule has 0 aliphatic rings. The van der Waals surface area contributed by atoms with E-state index in [2.05, 4.69) is 10.3 Å². The van der Waals surface area contributed by atoms with Gasteiger partial charge in [-0.05, 0) is 6.92 Å². The van der Waals surface area contributed by atoms with Gasteiger partial charge in [-0.1, -0.05) is 16.8 Å². The first-order valence-corrected chi connectivity index (χ1v) is 4.82. The van der Waals surface area contributed by atoms with E-state index in [1.165, 1.54) is 10.9 Å². The molecule has 2 heterocycles. The lowest BCUT2D eigenvalue weighted by atomic mass is 10.2. The Balaban J connectivity index is 2.33. The monoisotopic (exact) mass is 241 g/mol. The van der Waals surface area contributed by atoms with Crippen LogP contribution in [0.4, 0.5) is 0 Å². The predicted octanol–water partition coefficient (Wildman–Crippen LogP) is 1.58. The smallest absolute Gasteiger partial charge is 0.358 e. The van der Waals surface area contributed by atoms with Crippen LogP contribution in [0.5, 0.6) is 0 Å². The van der Waals surface area contributed by atoms with Crippen molar-refractivity contribution in [3.63, 3.8) is 0 Å². The third-order valence-corrected chi connectivity index (χ3v) is 2.30. The minimum Gasteiger partial charge on any atom is -0.476 e. The van der Waals surface area contributed by atoms with Crippen LogP contribution in [-0.4, -0.2) is 26.0 Å². The summed E-state index contributed by atoms with van der Waals surface area (Å²) in [7, 11) is 0. The lowest BCUT2D eigenvalue weighted by molar-refractivity contribution is 0.0684. The molecule has 0 atom stereocenters. The summed E-state index contributed by atoms with van der Waals surface area (Å²) in [6, 6.07) is 0. The Kier molecular flexibility index (Phi) is 2.66. The van der Waals surface area contributed by atoms with Crippen molar-refractivity contribution in [1.82, 2.24) is 14.9 Å². The van der Waals surface area contributed by atoms with Gasteiger partial charge >= 0.3 is 5.97 Å². The van der Waals surface area contributed by atoms with Gasteiger partial charge in [0.05, 0.1) is 23.3 Å². The van der Waals surface area contributed by atoms with Gasteiger partial charge < -0.3 is 9.63 Å². The highest BCUT2D eigenvalue weighted by Gasteiger charge is 2.19. The van der Waals surface area contributed by atoms with Crippen LogP contribution < -0.4 is 0 Å². The maximum atomic E-state index is 10.9. The van der Waals surface area contributed by atoms with Gasteiger partial charge in [0.25, 0.3) is 0 Å².